The van der Waals surface area contributed by atoms with E-state index in [1.54, 1.807) is 38.1 Å². The fourth-order valence-corrected chi connectivity index (χ4v) is 2.54. The van der Waals surface area contributed by atoms with Crippen molar-refractivity contribution >= 4 is 17.9 Å². The quantitative estimate of drug-likeness (QED) is 0.800. The summed E-state index contributed by atoms with van der Waals surface area (Å²) < 4.78 is 5.12. The number of hydrogen-bond donors (Lipinski definition) is 2. The van der Waals surface area contributed by atoms with Crippen LogP contribution in [0.2, 0.25) is 0 Å². The average Bonchev–Trinajstić information content (AvgIpc) is 2.72. The summed E-state index contributed by atoms with van der Waals surface area (Å²) in [6.45, 7) is 3.16. The zero-order chi connectivity index (χ0) is 16.5. The highest BCUT2D eigenvalue weighted by Gasteiger charge is 2.52. The smallest absolute Gasteiger partial charge is 0.326 e. The molecule has 1 aliphatic rings. The standard InChI is InChI=1S/C15H18N2O5/c1-4-11(12(18)19)17-13(20)15(2,16-14(17)21)9-6-5-7-10(8-9)22-3/h5-8,11H,4H2,1-3H3,(H,16,21)(H,18,19). The third kappa shape index (κ3) is 2.38. The van der Waals surface area contributed by atoms with Gasteiger partial charge in [-0.15, -0.1) is 0 Å². The first kappa shape index (κ1) is 15.8. The zero-order valence-electron chi connectivity index (χ0n) is 12.6. The van der Waals surface area contributed by atoms with Crippen LogP contribution in [-0.2, 0) is 15.1 Å². The molecular weight excluding hydrogens is 288 g/mol. The number of methoxy groups -OCH3 is 1. The third-order valence-corrected chi connectivity index (χ3v) is 3.85. The second-order valence-corrected chi connectivity index (χ2v) is 5.22. The molecule has 2 unspecified atom stereocenters. The van der Waals surface area contributed by atoms with Gasteiger partial charge in [0.1, 0.15) is 17.3 Å². The van der Waals surface area contributed by atoms with Gasteiger partial charge in [-0.05, 0) is 31.0 Å². The minimum absolute atomic E-state index is 0.142. The van der Waals surface area contributed by atoms with Gasteiger partial charge in [-0.25, -0.2) is 14.5 Å². The van der Waals surface area contributed by atoms with Crippen LogP contribution in [0.15, 0.2) is 24.3 Å². The molecule has 1 aromatic rings. The molecule has 2 rings (SSSR count). The number of carboxylic acid groups (broad SMARTS) is 1. The molecule has 7 heteroatoms. The largest absolute Gasteiger partial charge is 0.497 e. The lowest BCUT2D eigenvalue weighted by Crippen LogP contribution is -2.46. The Bertz CT molecular complexity index is 630. The van der Waals surface area contributed by atoms with Gasteiger partial charge >= 0.3 is 12.0 Å². The summed E-state index contributed by atoms with van der Waals surface area (Å²) in [7, 11) is 1.50. The molecule has 118 valence electrons. The molecular formula is C15H18N2O5. The van der Waals surface area contributed by atoms with Crippen LogP contribution in [0.4, 0.5) is 4.79 Å². The lowest BCUT2D eigenvalue weighted by atomic mass is 9.91. The molecule has 7 nitrogen and oxygen atoms in total. The maximum absolute atomic E-state index is 12.7. The molecule has 1 heterocycles. The van der Waals surface area contributed by atoms with Crippen molar-refractivity contribution in [3.63, 3.8) is 0 Å². The monoisotopic (exact) mass is 306 g/mol. The summed E-state index contributed by atoms with van der Waals surface area (Å²) in [5.74, 6) is -1.25. The number of nitrogens with one attached hydrogen (secondary N) is 1. The maximum Gasteiger partial charge on any atom is 0.326 e. The number of rotatable bonds is 5. The summed E-state index contributed by atoms with van der Waals surface area (Å²) in [5, 5.41) is 11.8. The van der Waals surface area contributed by atoms with E-state index in [-0.39, 0.29) is 6.42 Å². The first-order chi connectivity index (χ1) is 10.3. The number of amides is 3. The van der Waals surface area contributed by atoms with E-state index < -0.39 is 29.5 Å². The Labute approximate surface area is 127 Å². The van der Waals surface area contributed by atoms with Gasteiger partial charge < -0.3 is 15.2 Å². The van der Waals surface area contributed by atoms with Crippen molar-refractivity contribution in [2.75, 3.05) is 7.11 Å². The molecule has 1 fully saturated rings. The number of nitrogens with zero attached hydrogens (tertiary/aromatic N) is 1. The van der Waals surface area contributed by atoms with E-state index in [0.717, 1.165) is 4.90 Å². The van der Waals surface area contributed by atoms with Crippen molar-refractivity contribution in [1.29, 1.82) is 0 Å². The van der Waals surface area contributed by atoms with Crippen molar-refractivity contribution in [2.24, 2.45) is 0 Å². The van der Waals surface area contributed by atoms with Crippen LogP contribution in [0.3, 0.4) is 0 Å². The topological polar surface area (TPSA) is 95.9 Å². The van der Waals surface area contributed by atoms with E-state index in [2.05, 4.69) is 5.32 Å². The van der Waals surface area contributed by atoms with Gasteiger partial charge in [0, 0.05) is 0 Å². The highest BCUT2D eigenvalue weighted by atomic mass is 16.5. The lowest BCUT2D eigenvalue weighted by molar-refractivity contribution is -0.147. The van der Waals surface area contributed by atoms with Crippen molar-refractivity contribution in [1.82, 2.24) is 10.2 Å². The summed E-state index contributed by atoms with van der Waals surface area (Å²) in [4.78, 5) is 36.9. The predicted molar refractivity (Wildman–Crippen MR) is 77.4 cm³/mol. The van der Waals surface area contributed by atoms with Gasteiger partial charge in [0.15, 0.2) is 0 Å². The van der Waals surface area contributed by atoms with Gasteiger partial charge in [-0.2, -0.15) is 0 Å². The predicted octanol–water partition coefficient (Wildman–Crippen LogP) is 1.33. The van der Waals surface area contributed by atoms with Crippen molar-refractivity contribution < 1.29 is 24.2 Å². The number of carbonyl (C=O) groups is 3. The molecule has 2 N–H and O–H groups in total. The molecule has 2 atom stereocenters. The number of aliphatic carboxylic acids is 1. The molecule has 0 radical (unpaired) electrons. The van der Waals surface area contributed by atoms with E-state index in [1.165, 1.54) is 7.11 Å². The first-order valence-electron chi connectivity index (χ1n) is 6.88. The highest BCUT2D eigenvalue weighted by molar-refractivity contribution is 6.09. The fourth-order valence-electron chi connectivity index (χ4n) is 2.54. The Balaban J connectivity index is 2.43. The third-order valence-electron chi connectivity index (χ3n) is 3.85. The summed E-state index contributed by atoms with van der Waals surface area (Å²) >= 11 is 0. The Morgan fingerprint density at radius 1 is 1.45 bits per heavy atom. The van der Waals surface area contributed by atoms with E-state index in [4.69, 9.17) is 4.74 Å². The maximum atomic E-state index is 12.7. The second kappa shape index (κ2) is 5.67. The van der Waals surface area contributed by atoms with Crippen molar-refractivity contribution in [3.8, 4) is 5.75 Å². The Morgan fingerprint density at radius 3 is 2.68 bits per heavy atom. The molecule has 1 saturated heterocycles. The molecule has 3 amide bonds. The molecule has 0 bridgehead atoms. The fraction of sp³-hybridized carbons (Fsp3) is 0.400. The van der Waals surface area contributed by atoms with Gasteiger partial charge in [0.2, 0.25) is 0 Å². The average molecular weight is 306 g/mol. The van der Waals surface area contributed by atoms with E-state index in [0.29, 0.717) is 11.3 Å². The van der Waals surface area contributed by atoms with Gasteiger partial charge in [0.25, 0.3) is 5.91 Å². The summed E-state index contributed by atoms with van der Waals surface area (Å²) in [5.41, 5.74) is -0.776. The zero-order valence-corrected chi connectivity index (χ0v) is 12.6. The van der Waals surface area contributed by atoms with Crippen LogP contribution in [0.25, 0.3) is 0 Å². The van der Waals surface area contributed by atoms with Crippen LogP contribution in [0.1, 0.15) is 25.8 Å². The minimum Gasteiger partial charge on any atom is -0.497 e. The summed E-state index contributed by atoms with van der Waals surface area (Å²) in [6, 6.07) is 4.87. The van der Waals surface area contributed by atoms with Crippen LogP contribution in [-0.4, -0.2) is 41.1 Å². The lowest BCUT2D eigenvalue weighted by Gasteiger charge is -2.24. The number of carbonyl (C=O) groups excluding carboxylic acids is 2. The van der Waals surface area contributed by atoms with E-state index in [9.17, 15) is 19.5 Å². The van der Waals surface area contributed by atoms with Crippen LogP contribution in [0, 0.1) is 0 Å². The molecule has 22 heavy (non-hydrogen) atoms. The number of urea groups is 1. The molecule has 0 saturated carbocycles. The van der Waals surface area contributed by atoms with Crippen LogP contribution in [0.5, 0.6) is 5.75 Å². The van der Waals surface area contributed by atoms with Crippen LogP contribution >= 0.6 is 0 Å². The number of imide groups is 1. The number of benzene rings is 1. The van der Waals surface area contributed by atoms with Gasteiger partial charge in [0.05, 0.1) is 7.11 Å². The highest BCUT2D eigenvalue weighted by Crippen LogP contribution is 2.32. The molecule has 0 aliphatic carbocycles. The number of hydrogen-bond acceptors (Lipinski definition) is 4. The summed E-state index contributed by atoms with van der Waals surface area (Å²) in [6.07, 6.45) is 0.142. The van der Waals surface area contributed by atoms with Crippen molar-refractivity contribution in [3.05, 3.63) is 29.8 Å². The normalized spacial score (nSPS) is 22.4. The van der Waals surface area contributed by atoms with E-state index >= 15 is 0 Å². The van der Waals surface area contributed by atoms with Crippen molar-refractivity contribution in [2.45, 2.75) is 31.8 Å². The Morgan fingerprint density at radius 2 is 2.14 bits per heavy atom. The number of ether oxygens (including phenoxy) is 1. The van der Waals surface area contributed by atoms with Gasteiger partial charge in [-0.3, -0.25) is 4.79 Å². The molecule has 1 aromatic carbocycles. The molecule has 0 aromatic heterocycles. The number of carboxylic acids is 1. The molecule has 1 aliphatic heterocycles. The van der Waals surface area contributed by atoms with Gasteiger partial charge in [-0.1, -0.05) is 19.1 Å². The molecule has 0 spiro atoms. The van der Waals surface area contributed by atoms with Crippen LogP contribution < -0.4 is 10.1 Å². The Hall–Kier alpha value is -2.57. The SMILES string of the molecule is CCC(C(=O)O)N1C(=O)NC(C)(c2cccc(OC)c2)C1=O. The minimum atomic E-state index is -1.31. The second-order valence-electron chi connectivity index (χ2n) is 5.22. The Kier molecular flexibility index (Phi) is 4.07. The first-order valence-corrected chi connectivity index (χ1v) is 6.88. The van der Waals surface area contributed by atoms with E-state index in [1.807, 2.05) is 0 Å².